The molecule has 1 N–H and O–H groups in total. The van der Waals surface area contributed by atoms with Gasteiger partial charge in [-0.15, -0.1) is 0 Å². The molecule has 0 spiro atoms. The summed E-state index contributed by atoms with van der Waals surface area (Å²) in [7, 11) is 0. The number of nitrogens with zero attached hydrogens (tertiary/aromatic N) is 2. The molecule has 1 aromatic heterocycles. The van der Waals surface area contributed by atoms with E-state index in [4.69, 9.17) is 14.0 Å². The fourth-order valence-electron chi connectivity index (χ4n) is 3.34. The molecule has 0 radical (unpaired) electrons. The number of ether oxygens (including phenoxy) is 2. The van der Waals surface area contributed by atoms with E-state index >= 15 is 0 Å². The maximum Gasteiger partial charge on any atom is 0.244 e. The van der Waals surface area contributed by atoms with E-state index < -0.39 is 5.60 Å². The van der Waals surface area contributed by atoms with E-state index in [1.807, 2.05) is 6.92 Å². The van der Waals surface area contributed by atoms with Crippen LogP contribution >= 0.6 is 0 Å². The molecule has 2 saturated heterocycles. The monoisotopic (exact) mass is 295 g/mol. The van der Waals surface area contributed by atoms with Gasteiger partial charge in [-0.2, -0.15) is 4.98 Å². The first-order valence-corrected chi connectivity index (χ1v) is 8.04. The van der Waals surface area contributed by atoms with Crippen LogP contribution in [0.2, 0.25) is 0 Å². The lowest BCUT2D eigenvalue weighted by Crippen LogP contribution is -2.38. The molecule has 2 fully saturated rings. The molecular weight excluding hydrogens is 270 g/mol. The molecule has 3 rings (SSSR count). The summed E-state index contributed by atoms with van der Waals surface area (Å²) in [6.07, 6.45) is 3.97. The van der Waals surface area contributed by atoms with Crippen LogP contribution in [-0.4, -0.2) is 36.5 Å². The van der Waals surface area contributed by atoms with Gasteiger partial charge >= 0.3 is 0 Å². The predicted octanol–water partition coefficient (Wildman–Crippen LogP) is 2.17. The molecule has 3 heterocycles. The van der Waals surface area contributed by atoms with Gasteiger partial charge in [-0.25, -0.2) is 0 Å². The highest BCUT2D eigenvalue weighted by atomic mass is 16.5. The lowest BCUT2D eigenvalue weighted by molar-refractivity contribution is -0.118. The van der Waals surface area contributed by atoms with Gasteiger partial charge in [0.1, 0.15) is 5.60 Å². The summed E-state index contributed by atoms with van der Waals surface area (Å²) in [5.41, 5.74) is -0.438. The molecule has 2 aliphatic heterocycles. The lowest BCUT2D eigenvalue weighted by Gasteiger charge is -2.33. The topological polar surface area (TPSA) is 69.4 Å². The van der Waals surface area contributed by atoms with Gasteiger partial charge in [-0.1, -0.05) is 12.1 Å². The highest BCUT2D eigenvalue weighted by Crippen LogP contribution is 2.36. The summed E-state index contributed by atoms with van der Waals surface area (Å²) >= 11 is 0. The Labute approximate surface area is 125 Å². The number of rotatable bonds is 4. The van der Waals surface area contributed by atoms with Crippen LogP contribution in [0.25, 0.3) is 0 Å². The van der Waals surface area contributed by atoms with Crippen LogP contribution in [-0.2, 0) is 15.1 Å². The third-order valence-corrected chi connectivity index (χ3v) is 4.61. The van der Waals surface area contributed by atoms with Crippen molar-refractivity contribution in [1.82, 2.24) is 15.5 Å². The zero-order chi connectivity index (χ0) is 14.7. The zero-order valence-electron chi connectivity index (χ0n) is 12.9. The Morgan fingerprint density at radius 3 is 2.90 bits per heavy atom. The molecule has 0 bridgehead atoms. The molecule has 118 valence electrons. The van der Waals surface area contributed by atoms with Crippen LogP contribution in [0.15, 0.2) is 4.52 Å². The van der Waals surface area contributed by atoms with Gasteiger partial charge in [0.05, 0.1) is 6.04 Å². The van der Waals surface area contributed by atoms with E-state index in [1.54, 1.807) is 0 Å². The summed E-state index contributed by atoms with van der Waals surface area (Å²) in [4.78, 5) is 4.68. The minimum Gasteiger partial charge on any atom is -0.381 e. The zero-order valence-corrected chi connectivity index (χ0v) is 12.9. The van der Waals surface area contributed by atoms with E-state index in [2.05, 4.69) is 22.4 Å². The fraction of sp³-hybridized carbons (Fsp3) is 0.867. The second kappa shape index (κ2) is 6.42. The quantitative estimate of drug-likeness (QED) is 0.918. The first-order chi connectivity index (χ1) is 10.2. The number of aromatic nitrogens is 2. The first-order valence-electron chi connectivity index (χ1n) is 8.04. The number of hydrogen-bond acceptors (Lipinski definition) is 6. The number of piperidine rings is 1. The van der Waals surface area contributed by atoms with Crippen molar-refractivity contribution in [2.24, 2.45) is 5.92 Å². The highest BCUT2D eigenvalue weighted by Gasteiger charge is 2.41. The largest absolute Gasteiger partial charge is 0.381 e. The average Bonchev–Trinajstić information content (AvgIpc) is 2.99. The van der Waals surface area contributed by atoms with Crippen molar-refractivity contribution in [3.63, 3.8) is 0 Å². The average molecular weight is 295 g/mol. The molecular formula is C15H25N3O3. The molecule has 2 aliphatic rings. The van der Waals surface area contributed by atoms with E-state index in [1.165, 1.54) is 12.8 Å². The van der Waals surface area contributed by atoms with Crippen molar-refractivity contribution in [2.45, 2.75) is 51.2 Å². The first kappa shape index (κ1) is 14.9. The van der Waals surface area contributed by atoms with E-state index in [9.17, 15) is 0 Å². The molecule has 0 amide bonds. The molecule has 2 atom stereocenters. The second-order valence-electron chi connectivity index (χ2n) is 6.05. The Morgan fingerprint density at radius 1 is 1.38 bits per heavy atom. The standard InChI is InChI=1S/C15H25N3O3/c1-3-20-15(6-9-19-10-7-15)14-17-13(21-18-14)12-11(2)5-4-8-16-12/h11-12,16H,3-10H2,1-2H3. The maximum atomic E-state index is 6.00. The van der Waals surface area contributed by atoms with Gasteiger partial charge in [0, 0.05) is 32.7 Å². The van der Waals surface area contributed by atoms with Crippen molar-refractivity contribution in [3.05, 3.63) is 11.7 Å². The minimum atomic E-state index is -0.438. The molecule has 6 nitrogen and oxygen atoms in total. The summed E-state index contributed by atoms with van der Waals surface area (Å²) in [6.45, 7) is 7.25. The smallest absolute Gasteiger partial charge is 0.244 e. The highest BCUT2D eigenvalue weighted by molar-refractivity contribution is 5.06. The van der Waals surface area contributed by atoms with Crippen LogP contribution in [0.4, 0.5) is 0 Å². The second-order valence-corrected chi connectivity index (χ2v) is 6.05. The molecule has 0 aromatic carbocycles. The number of nitrogens with one attached hydrogen (secondary N) is 1. The van der Waals surface area contributed by atoms with Gasteiger partial charge < -0.3 is 19.3 Å². The molecule has 0 aliphatic carbocycles. The Balaban J connectivity index is 1.81. The van der Waals surface area contributed by atoms with Gasteiger partial charge in [0.2, 0.25) is 11.7 Å². The Hall–Kier alpha value is -0.980. The predicted molar refractivity (Wildman–Crippen MR) is 76.8 cm³/mol. The summed E-state index contributed by atoms with van der Waals surface area (Å²) in [6, 6.07) is 0.165. The SMILES string of the molecule is CCOC1(c2noc(C3NCCCC3C)n2)CCOCC1. The Bertz CT molecular complexity index is 451. The lowest BCUT2D eigenvalue weighted by atomic mass is 9.92. The molecule has 21 heavy (non-hydrogen) atoms. The van der Waals surface area contributed by atoms with Crippen molar-refractivity contribution in [1.29, 1.82) is 0 Å². The van der Waals surface area contributed by atoms with Gasteiger partial charge in [-0.3, -0.25) is 0 Å². The van der Waals surface area contributed by atoms with Gasteiger partial charge in [0.25, 0.3) is 0 Å². The number of hydrogen-bond donors (Lipinski definition) is 1. The van der Waals surface area contributed by atoms with Crippen molar-refractivity contribution in [2.75, 3.05) is 26.4 Å². The van der Waals surface area contributed by atoms with Crippen LogP contribution in [0.5, 0.6) is 0 Å². The van der Waals surface area contributed by atoms with Crippen LogP contribution in [0.1, 0.15) is 57.3 Å². The third kappa shape index (κ3) is 2.98. The minimum absolute atomic E-state index is 0.165. The van der Waals surface area contributed by atoms with Gasteiger partial charge in [0.15, 0.2) is 0 Å². The molecule has 2 unspecified atom stereocenters. The fourth-order valence-corrected chi connectivity index (χ4v) is 3.34. The van der Waals surface area contributed by atoms with Crippen molar-refractivity contribution in [3.8, 4) is 0 Å². The molecule has 0 saturated carbocycles. The van der Waals surface area contributed by atoms with Crippen molar-refractivity contribution < 1.29 is 14.0 Å². The Morgan fingerprint density at radius 2 is 2.19 bits per heavy atom. The summed E-state index contributed by atoms with van der Waals surface area (Å²) < 4.78 is 17.0. The van der Waals surface area contributed by atoms with Crippen LogP contribution in [0, 0.1) is 5.92 Å². The molecule has 1 aromatic rings. The summed E-state index contributed by atoms with van der Waals surface area (Å²) in [5.74, 6) is 1.90. The van der Waals surface area contributed by atoms with E-state index in [-0.39, 0.29) is 6.04 Å². The third-order valence-electron chi connectivity index (χ3n) is 4.61. The summed E-state index contributed by atoms with van der Waals surface area (Å²) in [5, 5.41) is 7.72. The normalized spacial score (nSPS) is 29.4. The van der Waals surface area contributed by atoms with Crippen molar-refractivity contribution >= 4 is 0 Å². The van der Waals surface area contributed by atoms with Crippen LogP contribution in [0.3, 0.4) is 0 Å². The van der Waals surface area contributed by atoms with Crippen LogP contribution < -0.4 is 5.32 Å². The van der Waals surface area contributed by atoms with E-state index in [0.717, 1.165) is 19.4 Å². The van der Waals surface area contributed by atoms with Gasteiger partial charge in [-0.05, 0) is 32.2 Å². The van der Waals surface area contributed by atoms with E-state index in [0.29, 0.717) is 37.5 Å². The maximum absolute atomic E-state index is 6.00. The Kier molecular flexibility index (Phi) is 4.57. The molecule has 6 heteroatoms.